The Balaban J connectivity index is 1.84. The smallest absolute Gasteiger partial charge is 0.261 e. The monoisotopic (exact) mass is 374 g/mol. The summed E-state index contributed by atoms with van der Waals surface area (Å²) in [4.78, 5) is 17.0. The van der Waals surface area contributed by atoms with Gasteiger partial charge in [-0.3, -0.25) is 10.1 Å². The largest absolute Gasteiger partial charge is 0.497 e. The lowest BCUT2D eigenvalue weighted by Crippen LogP contribution is -2.13. The summed E-state index contributed by atoms with van der Waals surface area (Å²) in [6, 6.07) is 12.5. The Labute approximate surface area is 154 Å². The van der Waals surface area contributed by atoms with Gasteiger partial charge in [-0.2, -0.15) is 0 Å². The molecule has 2 aromatic carbocycles. The lowest BCUT2D eigenvalue weighted by atomic mass is 10.1. The molecule has 7 heteroatoms. The van der Waals surface area contributed by atoms with Gasteiger partial charge in [-0.15, -0.1) is 11.3 Å². The average molecular weight is 375 g/mol. The molecule has 0 saturated carbocycles. The molecule has 0 saturated heterocycles. The van der Waals surface area contributed by atoms with Crippen LogP contribution in [0, 0.1) is 0 Å². The fourth-order valence-corrected chi connectivity index (χ4v) is 3.22. The molecule has 0 atom stereocenters. The number of nitrogens with zero attached hydrogens (tertiary/aromatic N) is 1. The van der Waals surface area contributed by atoms with Crippen LogP contribution >= 0.6 is 22.9 Å². The molecule has 0 aliphatic carbocycles. The maximum absolute atomic E-state index is 12.6. The first kappa shape index (κ1) is 17.3. The molecule has 0 fully saturated rings. The number of carbonyl (C=O) groups excluding carboxylic acids is 1. The lowest BCUT2D eigenvalue weighted by molar-refractivity contribution is 0.102. The normalized spacial score (nSPS) is 10.4. The highest BCUT2D eigenvalue weighted by Crippen LogP contribution is 2.31. The standard InChI is InChI=1S/C18H15ClN2O3S/c1-23-11-7-8-16(24-2)13(9-11)17(22)21-18-20-15(10-25-18)12-5-3-4-6-14(12)19/h3-10H,1-2H3,(H,20,21,22). The zero-order valence-corrected chi connectivity index (χ0v) is 15.1. The van der Waals surface area contributed by atoms with Crippen LogP contribution in [0.2, 0.25) is 5.02 Å². The average Bonchev–Trinajstić information content (AvgIpc) is 3.09. The number of hydrogen-bond donors (Lipinski definition) is 1. The number of hydrogen-bond acceptors (Lipinski definition) is 5. The number of halogens is 1. The number of rotatable bonds is 5. The molecular formula is C18H15ClN2O3S. The summed E-state index contributed by atoms with van der Waals surface area (Å²) in [5, 5.41) is 5.72. The van der Waals surface area contributed by atoms with Gasteiger partial charge in [-0.25, -0.2) is 4.98 Å². The molecule has 0 aliphatic heterocycles. The van der Waals surface area contributed by atoms with Crippen molar-refractivity contribution in [3.05, 3.63) is 58.4 Å². The SMILES string of the molecule is COc1ccc(OC)c(C(=O)Nc2nc(-c3ccccc3Cl)cs2)c1. The molecule has 1 aromatic heterocycles. The van der Waals surface area contributed by atoms with E-state index in [1.54, 1.807) is 31.4 Å². The molecule has 3 rings (SSSR count). The van der Waals surface area contributed by atoms with E-state index in [0.717, 1.165) is 5.56 Å². The second-order valence-electron chi connectivity index (χ2n) is 5.04. The van der Waals surface area contributed by atoms with Gasteiger partial charge in [0.2, 0.25) is 0 Å². The zero-order valence-electron chi connectivity index (χ0n) is 13.6. The lowest BCUT2D eigenvalue weighted by Gasteiger charge is -2.09. The molecule has 5 nitrogen and oxygen atoms in total. The highest BCUT2D eigenvalue weighted by atomic mass is 35.5. The van der Waals surface area contributed by atoms with E-state index < -0.39 is 0 Å². The number of aromatic nitrogens is 1. The molecule has 0 unspecified atom stereocenters. The van der Waals surface area contributed by atoms with Crippen LogP contribution in [0.1, 0.15) is 10.4 Å². The van der Waals surface area contributed by atoms with Gasteiger partial charge in [0.05, 0.1) is 25.5 Å². The molecule has 3 aromatic rings. The molecule has 1 N–H and O–H groups in total. The number of ether oxygens (including phenoxy) is 2. The first-order valence-corrected chi connectivity index (χ1v) is 8.62. The van der Waals surface area contributed by atoms with E-state index in [9.17, 15) is 4.79 Å². The van der Waals surface area contributed by atoms with Gasteiger partial charge in [-0.05, 0) is 24.3 Å². The van der Waals surface area contributed by atoms with Crippen molar-refractivity contribution >= 4 is 34.0 Å². The number of nitrogens with one attached hydrogen (secondary N) is 1. The maximum atomic E-state index is 12.6. The van der Waals surface area contributed by atoms with Crippen LogP contribution in [-0.4, -0.2) is 25.1 Å². The quantitative estimate of drug-likeness (QED) is 0.701. The molecule has 0 bridgehead atoms. The molecule has 0 aliphatic rings. The fraction of sp³-hybridized carbons (Fsp3) is 0.111. The van der Waals surface area contributed by atoms with Gasteiger partial charge in [0.1, 0.15) is 11.5 Å². The molecule has 0 radical (unpaired) electrons. The predicted molar refractivity (Wildman–Crippen MR) is 100 cm³/mol. The zero-order chi connectivity index (χ0) is 17.8. The molecule has 0 spiro atoms. The highest BCUT2D eigenvalue weighted by Gasteiger charge is 2.16. The van der Waals surface area contributed by atoms with Crippen molar-refractivity contribution in [1.82, 2.24) is 4.98 Å². The summed E-state index contributed by atoms with van der Waals surface area (Å²) >= 11 is 7.52. The Morgan fingerprint density at radius 3 is 2.68 bits per heavy atom. The number of thiazole rings is 1. The second kappa shape index (κ2) is 7.55. The third kappa shape index (κ3) is 3.75. The molecular weight excluding hydrogens is 360 g/mol. The van der Waals surface area contributed by atoms with Crippen molar-refractivity contribution in [1.29, 1.82) is 0 Å². The van der Waals surface area contributed by atoms with Crippen LogP contribution in [0.15, 0.2) is 47.8 Å². The topological polar surface area (TPSA) is 60.5 Å². The molecule has 1 heterocycles. The summed E-state index contributed by atoms with van der Waals surface area (Å²) in [5.74, 6) is 0.707. The van der Waals surface area contributed by atoms with Crippen LogP contribution in [0.4, 0.5) is 5.13 Å². The van der Waals surface area contributed by atoms with Gasteiger partial charge in [0.15, 0.2) is 5.13 Å². The van der Waals surface area contributed by atoms with Gasteiger partial charge in [0.25, 0.3) is 5.91 Å². The predicted octanol–water partition coefficient (Wildman–Crippen LogP) is 4.73. The summed E-state index contributed by atoms with van der Waals surface area (Å²) in [5.41, 5.74) is 1.90. The van der Waals surface area contributed by atoms with Crippen LogP contribution in [0.25, 0.3) is 11.3 Å². The number of anilines is 1. The van der Waals surface area contributed by atoms with E-state index in [-0.39, 0.29) is 5.91 Å². The van der Waals surface area contributed by atoms with Crippen LogP contribution in [-0.2, 0) is 0 Å². The first-order chi connectivity index (χ1) is 12.1. The van der Waals surface area contributed by atoms with E-state index in [2.05, 4.69) is 10.3 Å². The van der Waals surface area contributed by atoms with Crippen LogP contribution in [0.3, 0.4) is 0 Å². The summed E-state index contributed by atoms with van der Waals surface area (Å²) in [6.45, 7) is 0. The van der Waals surface area contributed by atoms with Crippen molar-refractivity contribution < 1.29 is 14.3 Å². The van der Waals surface area contributed by atoms with Gasteiger partial charge in [-0.1, -0.05) is 29.8 Å². The summed E-state index contributed by atoms with van der Waals surface area (Å²) < 4.78 is 10.4. The minimum Gasteiger partial charge on any atom is -0.497 e. The van der Waals surface area contributed by atoms with Gasteiger partial charge >= 0.3 is 0 Å². The fourth-order valence-electron chi connectivity index (χ4n) is 2.28. The van der Waals surface area contributed by atoms with Crippen molar-refractivity contribution in [2.75, 3.05) is 19.5 Å². The number of methoxy groups -OCH3 is 2. The van der Waals surface area contributed by atoms with E-state index in [4.69, 9.17) is 21.1 Å². The second-order valence-corrected chi connectivity index (χ2v) is 6.30. The van der Waals surface area contributed by atoms with Crippen LogP contribution < -0.4 is 14.8 Å². The van der Waals surface area contributed by atoms with Crippen molar-refractivity contribution in [2.45, 2.75) is 0 Å². The number of benzene rings is 2. The van der Waals surface area contributed by atoms with Crippen molar-refractivity contribution in [3.8, 4) is 22.8 Å². The van der Waals surface area contributed by atoms with E-state index >= 15 is 0 Å². The highest BCUT2D eigenvalue weighted by molar-refractivity contribution is 7.14. The third-order valence-electron chi connectivity index (χ3n) is 3.53. The Bertz CT molecular complexity index is 911. The third-order valence-corrected chi connectivity index (χ3v) is 4.61. The van der Waals surface area contributed by atoms with Crippen LogP contribution in [0.5, 0.6) is 11.5 Å². The Hall–Kier alpha value is -2.57. The molecule has 1 amide bonds. The Kier molecular flexibility index (Phi) is 5.21. The molecule has 25 heavy (non-hydrogen) atoms. The summed E-state index contributed by atoms with van der Waals surface area (Å²) in [7, 11) is 3.05. The summed E-state index contributed by atoms with van der Waals surface area (Å²) in [6.07, 6.45) is 0. The number of amides is 1. The maximum Gasteiger partial charge on any atom is 0.261 e. The van der Waals surface area contributed by atoms with E-state index in [1.807, 2.05) is 23.6 Å². The van der Waals surface area contributed by atoms with E-state index in [0.29, 0.717) is 32.9 Å². The van der Waals surface area contributed by atoms with Crippen molar-refractivity contribution in [2.24, 2.45) is 0 Å². The molecule has 128 valence electrons. The Morgan fingerprint density at radius 1 is 1.16 bits per heavy atom. The minimum atomic E-state index is -0.323. The van der Waals surface area contributed by atoms with Gasteiger partial charge in [0, 0.05) is 16.0 Å². The van der Waals surface area contributed by atoms with Gasteiger partial charge < -0.3 is 9.47 Å². The minimum absolute atomic E-state index is 0.323. The first-order valence-electron chi connectivity index (χ1n) is 7.36. The van der Waals surface area contributed by atoms with E-state index in [1.165, 1.54) is 18.4 Å². The Morgan fingerprint density at radius 2 is 1.96 bits per heavy atom. The number of carbonyl (C=O) groups is 1. The van der Waals surface area contributed by atoms with Crippen molar-refractivity contribution in [3.63, 3.8) is 0 Å².